The standard InChI is InChI=1S/C50H50N4O/c1-30-21-33(4)45(34(5)22-30)47-49(46-35(6)23-31(2)24-36(46)7)54(48-37(8)25-32(3)26-38(48)9)50(51-47)39-15-13-17-41(27-39)55-42-18-14-16-40(28-42)53-29-52(10)43-19-11-12-20-44(43)53/h11-28H,29H2,1-10H3. The number of hydrogen-bond acceptors (Lipinski definition) is 4. The van der Waals surface area contributed by atoms with Gasteiger partial charge in [-0.3, -0.25) is 4.57 Å². The molecule has 276 valence electrons. The minimum absolute atomic E-state index is 0.758. The van der Waals surface area contributed by atoms with E-state index in [1.807, 2.05) is 12.1 Å². The monoisotopic (exact) mass is 722 g/mol. The van der Waals surface area contributed by atoms with Crippen LogP contribution in [0.15, 0.2) is 109 Å². The third-order valence-electron chi connectivity index (χ3n) is 11.0. The Hall–Kier alpha value is -6.07. The van der Waals surface area contributed by atoms with Gasteiger partial charge in [0.2, 0.25) is 0 Å². The second kappa shape index (κ2) is 14.0. The fourth-order valence-electron chi connectivity index (χ4n) is 9.02. The Balaban J connectivity index is 1.33. The van der Waals surface area contributed by atoms with Crippen molar-refractivity contribution in [1.82, 2.24) is 9.55 Å². The number of anilines is 3. The number of fused-ring (bicyclic) bond motifs is 1. The van der Waals surface area contributed by atoms with E-state index in [0.29, 0.717) is 0 Å². The topological polar surface area (TPSA) is 33.5 Å². The molecule has 7 aromatic rings. The van der Waals surface area contributed by atoms with E-state index >= 15 is 0 Å². The molecule has 0 bridgehead atoms. The number of ether oxygens (including phenoxy) is 1. The van der Waals surface area contributed by atoms with Gasteiger partial charge < -0.3 is 14.5 Å². The van der Waals surface area contributed by atoms with Crippen LogP contribution in [-0.4, -0.2) is 23.3 Å². The van der Waals surface area contributed by atoms with Crippen LogP contribution in [-0.2, 0) is 0 Å². The molecule has 2 heterocycles. The van der Waals surface area contributed by atoms with Crippen LogP contribution in [0.25, 0.3) is 39.6 Å². The van der Waals surface area contributed by atoms with Crippen LogP contribution in [0.4, 0.5) is 17.1 Å². The molecule has 0 atom stereocenters. The maximum absolute atomic E-state index is 6.70. The van der Waals surface area contributed by atoms with Crippen LogP contribution >= 0.6 is 0 Å². The van der Waals surface area contributed by atoms with E-state index < -0.39 is 0 Å². The van der Waals surface area contributed by atoms with Crippen LogP contribution in [0, 0.1) is 62.3 Å². The second-order valence-corrected chi connectivity index (χ2v) is 15.6. The Labute approximate surface area is 326 Å². The van der Waals surface area contributed by atoms with Crippen molar-refractivity contribution in [2.45, 2.75) is 62.3 Å². The van der Waals surface area contributed by atoms with Crippen LogP contribution < -0.4 is 14.5 Å². The third-order valence-corrected chi connectivity index (χ3v) is 11.0. The van der Waals surface area contributed by atoms with Crippen molar-refractivity contribution >= 4 is 17.1 Å². The lowest BCUT2D eigenvalue weighted by atomic mass is 9.91. The Kier molecular flexibility index (Phi) is 9.13. The molecule has 1 aliphatic heterocycles. The first-order valence-corrected chi connectivity index (χ1v) is 19.2. The molecule has 5 nitrogen and oxygen atoms in total. The molecule has 1 aliphatic rings. The van der Waals surface area contributed by atoms with E-state index in [4.69, 9.17) is 9.72 Å². The average Bonchev–Trinajstić information content (AvgIpc) is 3.65. The number of imidazole rings is 1. The summed E-state index contributed by atoms with van der Waals surface area (Å²) in [6.07, 6.45) is 0. The Morgan fingerprint density at radius 1 is 0.527 bits per heavy atom. The molecule has 0 aliphatic carbocycles. The molecule has 6 aromatic carbocycles. The van der Waals surface area contributed by atoms with Gasteiger partial charge in [0.15, 0.2) is 0 Å². The molecule has 1 aromatic heterocycles. The van der Waals surface area contributed by atoms with Gasteiger partial charge in [0.05, 0.1) is 35.1 Å². The molecule has 0 radical (unpaired) electrons. The third kappa shape index (κ3) is 6.48. The summed E-state index contributed by atoms with van der Waals surface area (Å²) < 4.78 is 9.13. The van der Waals surface area contributed by atoms with Crippen molar-refractivity contribution < 1.29 is 4.74 Å². The van der Waals surface area contributed by atoms with E-state index in [9.17, 15) is 0 Å². The minimum Gasteiger partial charge on any atom is -0.457 e. The Bertz CT molecular complexity index is 2560. The average molecular weight is 723 g/mol. The minimum atomic E-state index is 0.758. The van der Waals surface area contributed by atoms with E-state index in [1.165, 1.54) is 72.6 Å². The number of aromatic nitrogens is 2. The van der Waals surface area contributed by atoms with E-state index in [2.05, 4.69) is 181 Å². The van der Waals surface area contributed by atoms with E-state index in [0.717, 1.165) is 52.3 Å². The lowest BCUT2D eigenvalue weighted by molar-refractivity contribution is 0.483. The summed E-state index contributed by atoms with van der Waals surface area (Å²) in [5.41, 5.74) is 21.3. The summed E-state index contributed by atoms with van der Waals surface area (Å²) >= 11 is 0. The molecule has 0 amide bonds. The smallest absolute Gasteiger partial charge is 0.145 e. The molecular weight excluding hydrogens is 673 g/mol. The number of nitrogens with zero attached hydrogens (tertiary/aromatic N) is 4. The first kappa shape index (κ1) is 35.9. The zero-order chi connectivity index (χ0) is 38.7. The molecule has 0 saturated heterocycles. The highest BCUT2D eigenvalue weighted by molar-refractivity contribution is 5.89. The first-order chi connectivity index (χ1) is 26.4. The summed E-state index contributed by atoms with van der Waals surface area (Å²) in [5, 5.41) is 0. The number of rotatable bonds is 7. The van der Waals surface area contributed by atoms with Gasteiger partial charge in [0.1, 0.15) is 17.3 Å². The van der Waals surface area contributed by atoms with Gasteiger partial charge >= 0.3 is 0 Å². The molecule has 0 N–H and O–H groups in total. The highest BCUT2D eigenvalue weighted by Crippen LogP contribution is 2.46. The molecule has 55 heavy (non-hydrogen) atoms. The summed E-state index contributed by atoms with van der Waals surface area (Å²) in [5.74, 6) is 2.43. The predicted octanol–water partition coefficient (Wildman–Crippen LogP) is 13.0. The summed E-state index contributed by atoms with van der Waals surface area (Å²) in [4.78, 5) is 10.3. The Morgan fingerprint density at radius 3 is 1.67 bits per heavy atom. The quantitative estimate of drug-likeness (QED) is 0.164. The van der Waals surface area contributed by atoms with Gasteiger partial charge in [-0.1, -0.05) is 83.4 Å². The van der Waals surface area contributed by atoms with Crippen LogP contribution in [0.2, 0.25) is 0 Å². The van der Waals surface area contributed by atoms with Gasteiger partial charge in [-0.15, -0.1) is 0 Å². The van der Waals surface area contributed by atoms with Gasteiger partial charge in [0.25, 0.3) is 0 Å². The van der Waals surface area contributed by atoms with Crippen molar-refractivity contribution in [2.24, 2.45) is 0 Å². The van der Waals surface area contributed by atoms with Gasteiger partial charge in [0, 0.05) is 35.5 Å². The van der Waals surface area contributed by atoms with E-state index in [-0.39, 0.29) is 0 Å². The molecule has 0 fully saturated rings. The van der Waals surface area contributed by atoms with Gasteiger partial charge in [-0.05, 0) is 132 Å². The lowest BCUT2D eigenvalue weighted by Gasteiger charge is -2.22. The maximum Gasteiger partial charge on any atom is 0.145 e. The molecule has 5 heteroatoms. The molecule has 0 saturated carbocycles. The SMILES string of the molecule is Cc1cc(C)c(-c2nc(-c3cccc(Oc4cccc(N5CN(C)c6ccccc65)c4)c3)n(-c3c(C)cc(C)cc3C)c2-c2c(C)cc(C)cc2C)c(C)c1. The summed E-state index contributed by atoms with van der Waals surface area (Å²) in [7, 11) is 2.13. The highest BCUT2D eigenvalue weighted by Gasteiger charge is 2.29. The largest absolute Gasteiger partial charge is 0.457 e. The summed E-state index contributed by atoms with van der Waals surface area (Å²) in [6, 6.07) is 39.1. The van der Waals surface area contributed by atoms with Gasteiger partial charge in [-0.2, -0.15) is 0 Å². The fourth-order valence-corrected chi connectivity index (χ4v) is 9.02. The van der Waals surface area contributed by atoms with E-state index in [1.54, 1.807) is 0 Å². The number of benzene rings is 6. The lowest BCUT2D eigenvalue weighted by Crippen LogP contribution is -2.23. The number of hydrogen-bond donors (Lipinski definition) is 0. The van der Waals surface area contributed by atoms with Crippen molar-refractivity contribution in [3.63, 3.8) is 0 Å². The normalized spacial score (nSPS) is 12.4. The first-order valence-electron chi connectivity index (χ1n) is 19.2. The van der Waals surface area contributed by atoms with Crippen molar-refractivity contribution in [3.8, 4) is 51.1 Å². The highest BCUT2D eigenvalue weighted by atomic mass is 16.5. The van der Waals surface area contributed by atoms with Crippen LogP contribution in [0.1, 0.15) is 50.1 Å². The summed E-state index contributed by atoms with van der Waals surface area (Å²) in [6.45, 7) is 20.7. The zero-order valence-electron chi connectivity index (χ0n) is 33.8. The molecule has 0 spiro atoms. The van der Waals surface area contributed by atoms with Gasteiger partial charge in [-0.25, -0.2) is 4.98 Å². The van der Waals surface area contributed by atoms with Crippen molar-refractivity contribution in [3.05, 3.63) is 159 Å². The molecule has 8 rings (SSSR count). The zero-order valence-corrected chi connectivity index (χ0v) is 33.8. The maximum atomic E-state index is 6.70. The van der Waals surface area contributed by atoms with Crippen LogP contribution in [0.5, 0.6) is 11.5 Å². The van der Waals surface area contributed by atoms with Crippen molar-refractivity contribution in [1.29, 1.82) is 0 Å². The number of aryl methyl sites for hydroxylation is 9. The second-order valence-electron chi connectivity index (χ2n) is 15.6. The fraction of sp³-hybridized carbons (Fsp3) is 0.220. The van der Waals surface area contributed by atoms with Crippen molar-refractivity contribution in [2.75, 3.05) is 23.5 Å². The predicted molar refractivity (Wildman–Crippen MR) is 231 cm³/mol. The molecule has 0 unspecified atom stereocenters. The molecular formula is C50H50N4O. The number of para-hydroxylation sites is 2. The van der Waals surface area contributed by atoms with Crippen LogP contribution in [0.3, 0.4) is 0 Å². The Morgan fingerprint density at radius 2 is 1.05 bits per heavy atom.